The highest BCUT2D eigenvalue weighted by Gasteiger charge is 2.42. The zero-order valence-corrected chi connectivity index (χ0v) is 17.6. The van der Waals surface area contributed by atoms with Crippen molar-refractivity contribution in [2.75, 3.05) is 18.6 Å². The fourth-order valence-corrected chi connectivity index (χ4v) is 3.67. The van der Waals surface area contributed by atoms with Crippen LogP contribution in [-0.2, 0) is 11.3 Å². The average molecular weight is 447 g/mol. The third-order valence-electron chi connectivity index (χ3n) is 4.93. The summed E-state index contributed by atoms with van der Waals surface area (Å²) in [6, 6.07) is 3.55. The van der Waals surface area contributed by atoms with Crippen LogP contribution in [0.25, 0.3) is 11.3 Å². The first-order valence-electron chi connectivity index (χ1n) is 9.77. The van der Waals surface area contributed by atoms with Gasteiger partial charge in [-0.3, -0.25) is 19.4 Å². The first kappa shape index (κ1) is 21.8. The fraction of sp³-hybridized carbons (Fsp3) is 0.333. The Labute approximate surface area is 181 Å². The fourth-order valence-electron chi connectivity index (χ4n) is 3.67. The highest BCUT2D eigenvalue weighted by molar-refractivity contribution is 6.11. The molecule has 0 saturated heterocycles. The molecule has 3 aromatic heterocycles. The van der Waals surface area contributed by atoms with Gasteiger partial charge in [0, 0.05) is 25.1 Å². The Morgan fingerprint density at radius 1 is 1.19 bits per heavy atom. The minimum atomic E-state index is -4.43. The Morgan fingerprint density at radius 3 is 2.66 bits per heavy atom. The number of halogens is 3. The SMILES string of the molecule is CCOc1cncc(-c2cc(C)c3c(n2)C(OC)N(c2cnn(CC(F)(F)F)c2)C3=O)c1. The molecule has 0 saturated carbocycles. The number of ether oxygens (including phenoxy) is 2. The second-order valence-corrected chi connectivity index (χ2v) is 7.20. The van der Waals surface area contributed by atoms with E-state index in [1.807, 2.05) is 6.92 Å². The van der Waals surface area contributed by atoms with Gasteiger partial charge in [-0.25, -0.2) is 4.98 Å². The van der Waals surface area contributed by atoms with Gasteiger partial charge in [-0.15, -0.1) is 0 Å². The molecule has 8 nitrogen and oxygen atoms in total. The smallest absolute Gasteiger partial charge is 0.408 e. The lowest BCUT2D eigenvalue weighted by molar-refractivity contribution is -0.142. The van der Waals surface area contributed by atoms with E-state index in [0.717, 1.165) is 10.9 Å². The van der Waals surface area contributed by atoms with E-state index in [4.69, 9.17) is 9.47 Å². The van der Waals surface area contributed by atoms with Crippen LogP contribution in [0.3, 0.4) is 0 Å². The minimum Gasteiger partial charge on any atom is -0.492 e. The van der Waals surface area contributed by atoms with E-state index >= 15 is 0 Å². The summed E-state index contributed by atoms with van der Waals surface area (Å²) in [7, 11) is 1.40. The van der Waals surface area contributed by atoms with Crippen LogP contribution in [-0.4, -0.2) is 45.5 Å². The predicted octanol–water partition coefficient (Wildman–Crippen LogP) is 3.91. The molecule has 1 aliphatic rings. The molecule has 1 aliphatic heterocycles. The van der Waals surface area contributed by atoms with Gasteiger partial charge in [-0.2, -0.15) is 18.3 Å². The van der Waals surface area contributed by atoms with Crippen LogP contribution >= 0.6 is 0 Å². The highest BCUT2D eigenvalue weighted by atomic mass is 19.4. The Hall–Kier alpha value is -3.47. The molecule has 0 radical (unpaired) electrons. The van der Waals surface area contributed by atoms with Crippen molar-refractivity contribution in [3.8, 4) is 17.0 Å². The molecule has 11 heteroatoms. The van der Waals surface area contributed by atoms with Gasteiger partial charge in [0.05, 0.1) is 35.9 Å². The molecule has 1 atom stereocenters. The second kappa shape index (κ2) is 8.23. The maximum atomic E-state index is 13.2. The van der Waals surface area contributed by atoms with Crippen molar-refractivity contribution >= 4 is 11.6 Å². The van der Waals surface area contributed by atoms with E-state index in [1.54, 1.807) is 31.5 Å². The predicted molar refractivity (Wildman–Crippen MR) is 108 cm³/mol. The van der Waals surface area contributed by atoms with Crippen LogP contribution in [0.5, 0.6) is 5.75 Å². The van der Waals surface area contributed by atoms with Gasteiger partial charge >= 0.3 is 6.18 Å². The summed E-state index contributed by atoms with van der Waals surface area (Å²) in [6.07, 6.45) is 0.243. The number of carbonyl (C=O) groups excluding carboxylic acids is 1. The number of alkyl halides is 3. The van der Waals surface area contributed by atoms with E-state index in [2.05, 4.69) is 15.1 Å². The van der Waals surface area contributed by atoms with E-state index in [0.29, 0.717) is 40.4 Å². The van der Waals surface area contributed by atoms with Crippen LogP contribution in [0.2, 0.25) is 0 Å². The maximum Gasteiger partial charge on any atom is 0.408 e. The first-order valence-corrected chi connectivity index (χ1v) is 9.77. The molecule has 3 aromatic rings. The molecule has 1 unspecified atom stereocenters. The van der Waals surface area contributed by atoms with Gasteiger partial charge in [-0.05, 0) is 31.5 Å². The largest absolute Gasteiger partial charge is 0.492 e. The van der Waals surface area contributed by atoms with Crippen LogP contribution < -0.4 is 9.64 Å². The number of aryl methyl sites for hydroxylation is 1. The molecule has 0 aromatic carbocycles. The zero-order valence-electron chi connectivity index (χ0n) is 17.6. The summed E-state index contributed by atoms with van der Waals surface area (Å²) < 4.78 is 49.9. The number of hydrogen-bond donors (Lipinski definition) is 0. The molecular weight excluding hydrogens is 427 g/mol. The molecule has 0 bridgehead atoms. The highest BCUT2D eigenvalue weighted by Crippen LogP contribution is 2.39. The standard InChI is InChI=1S/C21H20F3N5O3/c1-4-32-15-6-13(7-25-9-15)16-5-12(2)17-18(27-16)20(31-3)29(19(17)30)14-8-26-28(10-14)11-21(22,23)24/h5-10,20H,4,11H2,1-3H3. The number of pyridine rings is 2. The molecule has 0 N–H and O–H groups in total. The summed E-state index contributed by atoms with van der Waals surface area (Å²) in [5, 5.41) is 3.73. The number of anilines is 1. The van der Waals surface area contributed by atoms with Gasteiger partial charge in [-0.1, -0.05) is 0 Å². The Balaban J connectivity index is 1.73. The van der Waals surface area contributed by atoms with Gasteiger partial charge in [0.1, 0.15) is 18.0 Å². The summed E-state index contributed by atoms with van der Waals surface area (Å²) in [5.74, 6) is 0.166. The van der Waals surface area contributed by atoms with Crippen LogP contribution in [0.4, 0.5) is 18.9 Å². The quantitative estimate of drug-likeness (QED) is 0.570. The summed E-state index contributed by atoms with van der Waals surface area (Å²) in [6.45, 7) is 2.86. The number of methoxy groups -OCH3 is 1. The Morgan fingerprint density at radius 2 is 1.97 bits per heavy atom. The summed E-state index contributed by atoms with van der Waals surface area (Å²) in [5.41, 5.74) is 2.82. The minimum absolute atomic E-state index is 0.185. The van der Waals surface area contributed by atoms with Crippen LogP contribution in [0.1, 0.15) is 34.8 Å². The van der Waals surface area contributed by atoms with Crippen molar-refractivity contribution in [2.24, 2.45) is 0 Å². The second-order valence-electron chi connectivity index (χ2n) is 7.20. The van der Waals surface area contributed by atoms with E-state index in [9.17, 15) is 18.0 Å². The number of aromatic nitrogens is 4. The average Bonchev–Trinajstić information content (AvgIpc) is 3.28. The Kier molecular flexibility index (Phi) is 5.59. The molecule has 1 amide bonds. The lowest BCUT2D eigenvalue weighted by atomic mass is 10.0. The first-order chi connectivity index (χ1) is 15.2. The van der Waals surface area contributed by atoms with E-state index in [-0.39, 0.29) is 5.69 Å². The van der Waals surface area contributed by atoms with Crippen molar-refractivity contribution in [3.63, 3.8) is 0 Å². The third-order valence-corrected chi connectivity index (χ3v) is 4.93. The number of hydrogen-bond acceptors (Lipinski definition) is 6. The van der Waals surface area contributed by atoms with Crippen molar-refractivity contribution in [1.29, 1.82) is 0 Å². The molecular formula is C21H20F3N5O3. The van der Waals surface area contributed by atoms with Crippen molar-refractivity contribution in [2.45, 2.75) is 32.8 Å². The molecule has 32 heavy (non-hydrogen) atoms. The lowest BCUT2D eigenvalue weighted by Gasteiger charge is -2.21. The summed E-state index contributed by atoms with van der Waals surface area (Å²) in [4.78, 5) is 23.3. The van der Waals surface area contributed by atoms with Gasteiger partial charge in [0.25, 0.3) is 5.91 Å². The monoisotopic (exact) mass is 447 g/mol. The van der Waals surface area contributed by atoms with E-state index < -0.39 is 24.9 Å². The molecule has 0 spiro atoms. The van der Waals surface area contributed by atoms with Gasteiger partial charge in [0.2, 0.25) is 0 Å². The zero-order chi connectivity index (χ0) is 23.0. The number of rotatable bonds is 6. The third kappa shape index (κ3) is 4.03. The topological polar surface area (TPSA) is 82.4 Å². The molecule has 4 rings (SSSR count). The molecule has 0 fully saturated rings. The van der Waals surface area contributed by atoms with E-state index in [1.165, 1.54) is 18.2 Å². The van der Waals surface area contributed by atoms with Crippen molar-refractivity contribution in [3.05, 3.63) is 53.7 Å². The van der Waals surface area contributed by atoms with Crippen molar-refractivity contribution < 1.29 is 27.4 Å². The maximum absolute atomic E-state index is 13.2. The number of nitrogens with zero attached hydrogens (tertiary/aromatic N) is 5. The number of fused-ring (bicyclic) bond motifs is 1. The number of amides is 1. The Bertz CT molecular complexity index is 1160. The van der Waals surface area contributed by atoms with Gasteiger partial charge in [0.15, 0.2) is 6.23 Å². The van der Waals surface area contributed by atoms with Crippen molar-refractivity contribution in [1.82, 2.24) is 19.7 Å². The lowest BCUT2D eigenvalue weighted by Crippen LogP contribution is -2.28. The van der Waals surface area contributed by atoms with Crippen LogP contribution in [0.15, 0.2) is 36.9 Å². The molecule has 4 heterocycles. The molecule has 168 valence electrons. The van der Waals surface area contributed by atoms with Gasteiger partial charge < -0.3 is 9.47 Å². The normalized spacial score (nSPS) is 15.9. The summed E-state index contributed by atoms with van der Waals surface area (Å²) >= 11 is 0. The number of carbonyl (C=O) groups is 1. The van der Waals surface area contributed by atoms with Crippen LogP contribution in [0, 0.1) is 6.92 Å². The molecule has 0 aliphatic carbocycles.